The molecule has 2 aliphatic heterocycles. The van der Waals surface area contributed by atoms with Crippen molar-refractivity contribution in [1.29, 1.82) is 0 Å². The van der Waals surface area contributed by atoms with Crippen LogP contribution in [0, 0.1) is 0 Å². The van der Waals surface area contributed by atoms with Gasteiger partial charge in [0, 0.05) is 29.2 Å². The van der Waals surface area contributed by atoms with Crippen LogP contribution in [0.3, 0.4) is 0 Å². The van der Waals surface area contributed by atoms with Crippen LogP contribution in [0.5, 0.6) is 11.5 Å². The first-order valence-electron chi connectivity index (χ1n) is 10.8. The van der Waals surface area contributed by atoms with Crippen molar-refractivity contribution < 1.29 is 14.3 Å². The summed E-state index contributed by atoms with van der Waals surface area (Å²) in [6.07, 6.45) is 4.36. The summed E-state index contributed by atoms with van der Waals surface area (Å²) in [4.78, 5) is 18.9. The molecule has 3 aromatic carbocycles. The van der Waals surface area contributed by atoms with Gasteiger partial charge in [0.2, 0.25) is 12.7 Å². The molecule has 0 bridgehead atoms. The Morgan fingerprint density at radius 2 is 1.78 bits per heavy atom. The van der Waals surface area contributed by atoms with E-state index in [0.717, 1.165) is 40.3 Å². The van der Waals surface area contributed by atoms with Crippen LogP contribution in [-0.4, -0.2) is 29.1 Å². The number of nitrogens with zero attached hydrogens (tertiary/aromatic N) is 1. The minimum absolute atomic E-state index is 0.0131. The number of ether oxygens (including phenoxy) is 2. The van der Waals surface area contributed by atoms with Crippen molar-refractivity contribution in [3.05, 3.63) is 101 Å². The minimum Gasteiger partial charge on any atom is -0.454 e. The standard InChI is InChI=1S/C27H22N2O3/c30-25(13-10-18-6-2-1-3-7-18)29-15-14-21-20-8-4-5-9-22(20)28-26(21)27(29)19-11-12-23-24(16-19)32-17-31-23/h1-13,16,27-28H,14-15,17H2/t27-/m1/s1. The van der Waals surface area contributed by atoms with Gasteiger partial charge in [-0.2, -0.15) is 0 Å². The molecule has 32 heavy (non-hydrogen) atoms. The summed E-state index contributed by atoms with van der Waals surface area (Å²) < 4.78 is 11.1. The van der Waals surface area contributed by atoms with Gasteiger partial charge in [-0.3, -0.25) is 4.79 Å². The Morgan fingerprint density at radius 1 is 0.969 bits per heavy atom. The number of fused-ring (bicyclic) bond motifs is 4. The number of carbonyl (C=O) groups excluding carboxylic acids is 1. The largest absolute Gasteiger partial charge is 0.454 e. The van der Waals surface area contributed by atoms with Crippen LogP contribution in [0.25, 0.3) is 17.0 Å². The van der Waals surface area contributed by atoms with Crippen LogP contribution in [0.1, 0.15) is 28.4 Å². The van der Waals surface area contributed by atoms with Gasteiger partial charge >= 0.3 is 0 Å². The van der Waals surface area contributed by atoms with E-state index in [-0.39, 0.29) is 18.7 Å². The van der Waals surface area contributed by atoms with Gasteiger partial charge in [0.25, 0.3) is 0 Å². The van der Waals surface area contributed by atoms with E-state index >= 15 is 0 Å². The van der Waals surface area contributed by atoms with Gasteiger partial charge in [0.15, 0.2) is 11.5 Å². The third kappa shape index (κ3) is 3.14. The van der Waals surface area contributed by atoms with Crippen molar-refractivity contribution >= 4 is 22.9 Å². The van der Waals surface area contributed by atoms with Crippen LogP contribution >= 0.6 is 0 Å². The Bertz CT molecular complexity index is 1340. The van der Waals surface area contributed by atoms with Gasteiger partial charge in [-0.25, -0.2) is 0 Å². The lowest BCUT2D eigenvalue weighted by Gasteiger charge is -2.35. The normalized spacial score (nSPS) is 17.1. The summed E-state index contributed by atoms with van der Waals surface area (Å²) in [5, 5.41) is 1.22. The quantitative estimate of drug-likeness (QED) is 0.468. The lowest BCUT2D eigenvalue weighted by molar-refractivity contribution is -0.128. The number of hydrogen-bond acceptors (Lipinski definition) is 3. The number of aromatic nitrogens is 1. The van der Waals surface area contributed by atoms with Gasteiger partial charge in [0.1, 0.15) is 0 Å². The fourth-order valence-electron chi connectivity index (χ4n) is 4.74. The number of rotatable bonds is 3. The minimum atomic E-state index is -0.228. The molecule has 0 fully saturated rings. The molecule has 1 atom stereocenters. The van der Waals surface area contributed by atoms with Gasteiger partial charge in [-0.05, 0) is 47.4 Å². The molecular formula is C27H22N2O3. The molecule has 0 spiro atoms. The molecule has 5 heteroatoms. The molecule has 0 aliphatic carbocycles. The highest BCUT2D eigenvalue weighted by Gasteiger charge is 2.34. The fraction of sp³-hybridized carbons (Fsp3) is 0.148. The lowest BCUT2D eigenvalue weighted by Crippen LogP contribution is -2.39. The molecule has 0 radical (unpaired) electrons. The Morgan fingerprint density at radius 3 is 2.69 bits per heavy atom. The van der Waals surface area contributed by atoms with Crippen LogP contribution in [-0.2, 0) is 11.2 Å². The van der Waals surface area contributed by atoms with Crippen LogP contribution in [0.4, 0.5) is 0 Å². The molecule has 0 unspecified atom stereocenters. The lowest BCUT2D eigenvalue weighted by atomic mass is 9.92. The predicted octanol–water partition coefficient (Wildman–Crippen LogP) is 5.08. The van der Waals surface area contributed by atoms with E-state index < -0.39 is 0 Å². The molecule has 4 aromatic rings. The Labute approximate surface area is 185 Å². The third-order valence-corrected chi connectivity index (χ3v) is 6.25. The Kier molecular flexibility index (Phi) is 4.46. The average Bonchev–Trinajstić information content (AvgIpc) is 3.46. The van der Waals surface area contributed by atoms with E-state index in [4.69, 9.17) is 9.47 Å². The summed E-state index contributed by atoms with van der Waals surface area (Å²) in [6, 6.07) is 23.9. The predicted molar refractivity (Wildman–Crippen MR) is 124 cm³/mol. The number of benzene rings is 3. The van der Waals surface area contributed by atoms with Crippen LogP contribution < -0.4 is 9.47 Å². The molecule has 5 nitrogen and oxygen atoms in total. The maximum absolute atomic E-state index is 13.4. The number of amides is 1. The molecule has 2 aliphatic rings. The van der Waals surface area contributed by atoms with Crippen LogP contribution in [0.2, 0.25) is 0 Å². The number of para-hydroxylation sites is 1. The van der Waals surface area contributed by atoms with E-state index in [1.54, 1.807) is 6.08 Å². The molecule has 1 aromatic heterocycles. The van der Waals surface area contributed by atoms with E-state index in [1.165, 1.54) is 10.9 Å². The zero-order valence-corrected chi connectivity index (χ0v) is 17.5. The van der Waals surface area contributed by atoms with E-state index in [9.17, 15) is 4.79 Å². The topological polar surface area (TPSA) is 54.6 Å². The van der Waals surface area contributed by atoms with Crippen molar-refractivity contribution in [3.63, 3.8) is 0 Å². The highest BCUT2D eigenvalue weighted by molar-refractivity contribution is 5.93. The second-order valence-electron chi connectivity index (χ2n) is 8.10. The zero-order valence-electron chi connectivity index (χ0n) is 17.5. The van der Waals surface area contributed by atoms with Crippen molar-refractivity contribution in [1.82, 2.24) is 9.88 Å². The van der Waals surface area contributed by atoms with Gasteiger partial charge in [0.05, 0.1) is 6.04 Å². The van der Waals surface area contributed by atoms with Crippen molar-refractivity contribution in [2.45, 2.75) is 12.5 Å². The molecule has 0 saturated heterocycles. The maximum atomic E-state index is 13.4. The van der Waals surface area contributed by atoms with E-state index in [1.807, 2.05) is 65.6 Å². The smallest absolute Gasteiger partial charge is 0.247 e. The molecular weight excluding hydrogens is 400 g/mol. The highest BCUT2D eigenvalue weighted by atomic mass is 16.7. The van der Waals surface area contributed by atoms with Gasteiger partial charge < -0.3 is 19.4 Å². The summed E-state index contributed by atoms with van der Waals surface area (Å²) in [7, 11) is 0. The average molecular weight is 422 g/mol. The molecule has 1 N–H and O–H groups in total. The second-order valence-corrected chi connectivity index (χ2v) is 8.10. The zero-order chi connectivity index (χ0) is 21.5. The molecule has 3 heterocycles. The number of hydrogen-bond donors (Lipinski definition) is 1. The molecule has 1 amide bonds. The first-order valence-corrected chi connectivity index (χ1v) is 10.8. The van der Waals surface area contributed by atoms with Gasteiger partial charge in [-0.1, -0.05) is 54.6 Å². The van der Waals surface area contributed by atoms with E-state index in [0.29, 0.717) is 6.54 Å². The number of nitrogens with one attached hydrogen (secondary N) is 1. The monoisotopic (exact) mass is 422 g/mol. The summed E-state index contributed by atoms with van der Waals surface area (Å²) in [5.74, 6) is 1.45. The highest BCUT2D eigenvalue weighted by Crippen LogP contribution is 2.42. The number of carbonyl (C=O) groups is 1. The molecule has 6 rings (SSSR count). The Hall–Kier alpha value is -3.99. The number of H-pyrrole nitrogens is 1. The summed E-state index contributed by atoms with van der Waals surface area (Å²) in [6.45, 7) is 0.871. The third-order valence-electron chi connectivity index (χ3n) is 6.25. The van der Waals surface area contributed by atoms with Crippen molar-refractivity contribution in [3.8, 4) is 11.5 Å². The summed E-state index contributed by atoms with van der Waals surface area (Å²) in [5.41, 5.74) is 5.45. The molecule has 158 valence electrons. The second kappa shape index (κ2) is 7.61. The summed E-state index contributed by atoms with van der Waals surface area (Å²) >= 11 is 0. The van der Waals surface area contributed by atoms with Gasteiger partial charge in [-0.15, -0.1) is 0 Å². The van der Waals surface area contributed by atoms with Crippen molar-refractivity contribution in [2.24, 2.45) is 0 Å². The van der Waals surface area contributed by atoms with Crippen molar-refractivity contribution in [2.75, 3.05) is 13.3 Å². The first-order chi connectivity index (χ1) is 15.8. The fourth-order valence-corrected chi connectivity index (χ4v) is 4.74. The number of aromatic amines is 1. The van der Waals surface area contributed by atoms with Crippen LogP contribution in [0.15, 0.2) is 78.9 Å². The SMILES string of the molecule is O=C(C=Cc1ccccc1)N1CCc2c([nH]c3ccccc23)[C@H]1c1ccc2c(c1)OCO2. The first kappa shape index (κ1) is 18.8. The maximum Gasteiger partial charge on any atom is 0.247 e. The Balaban J connectivity index is 1.44. The molecule has 0 saturated carbocycles. The van der Waals surface area contributed by atoms with E-state index in [2.05, 4.69) is 23.2 Å².